The van der Waals surface area contributed by atoms with Crippen molar-refractivity contribution in [1.82, 2.24) is 4.90 Å². The van der Waals surface area contributed by atoms with Gasteiger partial charge in [0.15, 0.2) is 17.6 Å². The van der Waals surface area contributed by atoms with Gasteiger partial charge < -0.3 is 19.3 Å². The molecule has 0 saturated carbocycles. The number of para-hydroxylation sites is 3. The van der Waals surface area contributed by atoms with Gasteiger partial charge in [-0.15, -0.1) is 0 Å². The van der Waals surface area contributed by atoms with Gasteiger partial charge in [0.1, 0.15) is 6.61 Å². The summed E-state index contributed by atoms with van der Waals surface area (Å²) in [5.74, 6) is 0.826. The maximum atomic E-state index is 12.9. The molecule has 28 heavy (non-hydrogen) atoms. The summed E-state index contributed by atoms with van der Waals surface area (Å²) in [5, 5.41) is 0.503. The highest BCUT2D eigenvalue weighted by atomic mass is 35.5. The standard InChI is InChI=1S/C21H21ClN2O4/c1-23(12-15-13-27-18-8-4-5-9-19(18)28-15)21(26)14-10-20(25)24(11-14)17-7-3-2-6-16(17)22/h2-9,14-15H,10-13H2,1H3. The monoisotopic (exact) mass is 400 g/mol. The molecule has 0 aliphatic carbocycles. The summed E-state index contributed by atoms with van der Waals surface area (Å²) in [6.07, 6.45) is -0.0696. The molecule has 0 spiro atoms. The van der Waals surface area contributed by atoms with Crippen molar-refractivity contribution in [3.05, 3.63) is 53.6 Å². The minimum absolute atomic E-state index is 0.0784. The van der Waals surface area contributed by atoms with Gasteiger partial charge in [-0.25, -0.2) is 0 Å². The van der Waals surface area contributed by atoms with Crippen LogP contribution < -0.4 is 14.4 Å². The lowest BCUT2D eigenvalue weighted by Crippen LogP contribution is -2.44. The zero-order valence-corrected chi connectivity index (χ0v) is 16.3. The Morgan fingerprint density at radius 1 is 1.18 bits per heavy atom. The molecular weight excluding hydrogens is 380 g/mol. The zero-order chi connectivity index (χ0) is 19.7. The molecule has 2 unspecified atom stereocenters. The number of amides is 2. The lowest BCUT2D eigenvalue weighted by molar-refractivity contribution is -0.135. The summed E-state index contributed by atoms with van der Waals surface area (Å²) < 4.78 is 11.6. The second-order valence-electron chi connectivity index (χ2n) is 7.07. The van der Waals surface area contributed by atoms with Gasteiger partial charge >= 0.3 is 0 Å². The second kappa shape index (κ2) is 7.72. The van der Waals surface area contributed by atoms with Crippen molar-refractivity contribution in [2.75, 3.05) is 31.6 Å². The van der Waals surface area contributed by atoms with Gasteiger partial charge in [-0.05, 0) is 24.3 Å². The highest BCUT2D eigenvalue weighted by Crippen LogP contribution is 2.33. The predicted octanol–water partition coefficient (Wildman–Crippen LogP) is 2.99. The SMILES string of the molecule is CN(CC1COc2ccccc2O1)C(=O)C1CC(=O)N(c2ccccc2Cl)C1. The van der Waals surface area contributed by atoms with Crippen LogP contribution in [0.4, 0.5) is 5.69 Å². The Bertz CT molecular complexity index is 903. The maximum absolute atomic E-state index is 12.9. The highest BCUT2D eigenvalue weighted by molar-refractivity contribution is 6.33. The number of likely N-dealkylation sites (N-methyl/N-ethyl adjacent to an activating group) is 1. The molecule has 2 aromatic rings. The third-order valence-electron chi connectivity index (χ3n) is 5.04. The Kier molecular flexibility index (Phi) is 5.13. The number of hydrogen-bond donors (Lipinski definition) is 0. The molecule has 0 N–H and O–H groups in total. The van der Waals surface area contributed by atoms with Crippen LogP contribution in [-0.2, 0) is 9.59 Å². The summed E-state index contributed by atoms with van der Waals surface area (Å²) in [5.41, 5.74) is 0.646. The van der Waals surface area contributed by atoms with E-state index in [4.69, 9.17) is 21.1 Å². The number of carbonyl (C=O) groups excluding carboxylic acids is 2. The number of hydrogen-bond acceptors (Lipinski definition) is 4. The van der Waals surface area contributed by atoms with E-state index >= 15 is 0 Å². The van der Waals surface area contributed by atoms with E-state index in [0.717, 1.165) is 0 Å². The molecule has 1 fully saturated rings. The normalized spacial score (nSPS) is 20.9. The molecule has 0 bridgehead atoms. The van der Waals surface area contributed by atoms with E-state index in [9.17, 15) is 9.59 Å². The number of anilines is 1. The Morgan fingerprint density at radius 3 is 2.68 bits per heavy atom. The molecule has 1 saturated heterocycles. The number of benzene rings is 2. The molecule has 0 radical (unpaired) electrons. The zero-order valence-electron chi connectivity index (χ0n) is 15.5. The number of halogens is 1. The largest absolute Gasteiger partial charge is 0.486 e. The van der Waals surface area contributed by atoms with Crippen molar-refractivity contribution in [1.29, 1.82) is 0 Å². The Labute approximate surface area is 168 Å². The molecule has 7 heteroatoms. The molecule has 2 aromatic carbocycles. The van der Waals surface area contributed by atoms with Crippen molar-refractivity contribution in [2.24, 2.45) is 5.92 Å². The van der Waals surface area contributed by atoms with Crippen LogP contribution in [0.15, 0.2) is 48.5 Å². The molecule has 2 heterocycles. The third kappa shape index (κ3) is 3.64. The first kappa shape index (κ1) is 18.6. The molecule has 0 aromatic heterocycles. The Balaban J connectivity index is 1.38. The maximum Gasteiger partial charge on any atom is 0.227 e. The molecule has 2 amide bonds. The van der Waals surface area contributed by atoms with Crippen LogP contribution in [0.25, 0.3) is 0 Å². The van der Waals surface area contributed by atoms with Gasteiger partial charge in [0.2, 0.25) is 11.8 Å². The number of rotatable bonds is 4. The first-order valence-electron chi connectivity index (χ1n) is 9.21. The van der Waals surface area contributed by atoms with Crippen molar-refractivity contribution < 1.29 is 19.1 Å². The minimum Gasteiger partial charge on any atom is -0.486 e. The highest BCUT2D eigenvalue weighted by Gasteiger charge is 2.37. The summed E-state index contributed by atoms with van der Waals surface area (Å²) in [6, 6.07) is 14.6. The lowest BCUT2D eigenvalue weighted by Gasteiger charge is -2.30. The van der Waals surface area contributed by atoms with Crippen LogP contribution in [0.5, 0.6) is 11.5 Å². The summed E-state index contributed by atoms with van der Waals surface area (Å²) in [6.45, 7) is 1.10. The quantitative estimate of drug-likeness (QED) is 0.791. The molecule has 4 rings (SSSR count). The van der Waals surface area contributed by atoms with Crippen molar-refractivity contribution in [3.63, 3.8) is 0 Å². The Morgan fingerprint density at radius 2 is 1.89 bits per heavy atom. The minimum atomic E-state index is -0.398. The first-order valence-corrected chi connectivity index (χ1v) is 9.59. The van der Waals surface area contributed by atoms with Crippen molar-refractivity contribution in [2.45, 2.75) is 12.5 Å². The molecule has 2 aliphatic heterocycles. The van der Waals surface area contributed by atoms with E-state index in [2.05, 4.69) is 0 Å². The average Bonchev–Trinajstić information content (AvgIpc) is 3.09. The van der Waals surface area contributed by atoms with Gasteiger partial charge in [-0.2, -0.15) is 0 Å². The van der Waals surface area contributed by atoms with Crippen molar-refractivity contribution in [3.8, 4) is 11.5 Å². The fourth-order valence-corrected chi connectivity index (χ4v) is 3.87. The van der Waals surface area contributed by atoms with E-state index in [-0.39, 0.29) is 24.3 Å². The van der Waals surface area contributed by atoms with Gasteiger partial charge in [-0.3, -0.25) is 9.59 Å². The summed E-state index contributed by atoms with van der Waals surface area (Å²) in [7, 11) is 1.73. The van der Waals surface area contributed by atoms with Crippen LogP contribution in [0.1, 0.15) is 6.42 Å². The lowest BCUT2D eigenvalue weighted by atomic mass is 10.1. The molecular formula is C21H21ClN2O4. The van der Waals surface area contributed by atoms with E-state index in [1.54, 1.807) is 29.0 Å². The van der Waals surface area contributed by atoms with Crippen LogP contribution in [0.2, 0.25) is 5.02 Å². The van der Waals surface area contributed by atoms with Crippen LogP contribution in [-0.4, -0.2) is 49.6 Å². The van der Waals surface area contributed by atoms with Gasteiger partial charge in [0, 0.05) is 20.0 Å². The van der Waals surface area contributed by atoms with Gasteiger partial charge in [0.25, 0.3) is 0 Å². The van der Waals surface area contributed by atoms with E-state index in [1.807, 2.05) is 36.4 Å². The number of carbonyl (C=O) groups is 2. The molecule has 2 aliphatic rings. The third-order valence-corrected chi connectivity index (χ3v) is 5.36. The van der Waals surface area contributed by atoms with E-state index < -0.39 is 5.92 Å². The molecule has 6 nitrogen and oxygen atoms in total. The first-order chi connectivity index (χ1) is 13.5. The topological polar surface area (TPSA) is 59.1 Å². The predicted molar refractivity (Wildman–Crippen MR) is 106 cm³/mol. The van der Waals surface area contributed by atoms with E-state index in [0.29, 0.717) is 41.9 Å². The summed E-state index contributed by atoms with van der Waals surface area (Å²) >= 11 is 6.21. The number of fused-ring (bicyclic) bond motifs is 1. The second-order valence-corrected chi connectivity index (χ2v) is 7.48. The van der Waals surface area contributed by atoms with Crippen LogP contribution in [0.3, 0.4) is 0 Å². The van der Waals surface area contributed by atoms with Gasteiger partial charge in [0.05, 0.1) is 23.2 Å². The van der Waals surface area contributed by atoms with Crippen LogP contribution in [0, 0.1) is 5.92 Å². The molecule has 146 valence electrons. The number of ether oxygens (including phenoxy) is 2. The molecule has 2 atom stereocenters. The van der Waals surface area contributed by atoms with Crippen LogP contribution >= 0.6 is 11.6 Å². The average molecular weight is 401 g/mol. The summed E-state index contributed by atoms with van der Waals surface area (Å²) in [4.78, 5) is 28.5. The Hall–Kier alpha value is -2.73. The fraction of sp³-hybridized carbons (Fsp3) is 0.333. The van der Waals surface area contributed by atoms with Gasteiger partial charge in [-0.1, -0.05) is 35.9 Å². The fourth-order valence-electron chi connectivity index (χ4n) is 3.64. The van der Waals surface area contributed by atoms with Crippen molar-refractivity contribution >= 4 is 29.1 Å². The smallest absolute Gasteiger partial charge is 0.227 e. The number of nitrogens with zero attached hydrogens (tertiary/aromatic N) is 2. The van der Waals surface area contributed by atoms with E-state index in [1.165, 1.54) is 0 Å².